The van der Waals surface area contributed by atoms with E-state index in [9.17, 15) is 22.7 Å². The molecule has 108 valence electrons. The van der Waals surface area contributed by atoms with Gasteiger partial charge in [-0.3, -0.25) is 0 Å². The Morgan fingerprint density at radius 2 is 2.05 bits per heavy atom. The van der Waals surface area contributed by atoms with E-state index in [4.69, 9.17) is 4.74 Å². The smallest absolute Gasteiger partial charge is 0.387 e. The molecule has 0 heterocycles. The standard InChI is InChI=1S/C12H15F4NO2/c1-19-5-4-17-7-11(18)9-3-2-8(13)6-10(9)12(14,15)16/h2-3,6,11,17-18H,4-5,7H2,1H3. The largest absolute Gasteiger partial charge is 0.416 e. The molecule has 0 spiro atoms. The monoisotopic (exact) mass is 281 g/mol. The van der Waals surface area contributed by atoms with Gasteiger partial charge in [-0.25, -0.2) is 4.39 Å². The molecule has 1 rings (SSSR count). The van der Waals surface area contributed by atoms with Crippen molar-refractivity contribution in [3.05, 3.63) is 35.1 Å². The van der Waals surface area contributed by atoms with E-state index >= 15 is 0 Å². The molecule has 19 heavy (non-hydrogen) atoms. The van der Waals surface area contributed by atoms with Crippen molar-refractivity contribution in [1.82, 2.24) is 5.32 Å². The number of nitrogens with one attached hydrogen (secondary N) is 1. The Morgan fingerprint density at radius 1 is 1.37 bits per heavy atom. The molecule has 1 atom stereocenters. The summed E-state index contributed by atoms with van der Waals surface area (Å²) in [6.45, 7) is 0.705. The number of halogens is 4. The molecular formula is C12H15F4NO2. The van der Waals surface area contributed by atoms with Crippen LogP contribution < -0.4 is 5.32 Å². The lowest BCUT2D eigenvalue weighted by Crippen LogP contribution is -2.26. The van der Waals surface area contributed by atoms with Crippen LogP contribution in [0.4, 0.5) is 17.6 Å². The maximum Gasteiger partial charge on any atom is 0.416 e. The quantitative estimate of drug-likeness (QED) is 0.620. The van der Waals surface area contributed by atoms with Crippen LogP contribution >= 0.6 is 0 Å². The van der Waals surface area contributed by atoms with Crippen molar-refractivity contribution in [1.29, 1.82) is 0 Å². The summed E-state index contributed by atoms with van der Waals surface area (Å²) in [5, 5.41) is 12.5. The summed E-state index contributed by atoms with van der Waals surface area (Å²) in [6, 6.07) is 2.22. The first-order valence-electron chi connectivity index (χ1n) is 5.60. The van der Waals surface area contributed by atoms with Crippen molar-refractivity contribution in [2.24, 2.45) is 0 Å². The highest BCUT2D eigenvalue weighted by Gasteiger charge is 2.35. The van der Waals surface area contributed by atoms with Crippen LogP contribution in [0.1, 0.15) is 17.2 Å². The number of alkyl halides is 3. The van der Waals surface area contributed by atoms with E-state index in [0.29, 0.717) is 19.2 Å². The normalized spacial score (nSPS) is 13.6. The summed E-state index contributed by atoms with van der Waals surface area (Å²) in [4.78, 5) is 0. The van der Waals surface area contributed by atoms with Crippen molar-refractivity contribution in [3.63, 3.8) is 0 Å². The van der Waals surface area contributed by atoms with E-state index in [0.717, 1.165) is 12.1 Å². The molecular weight excluding hydrogens is 266 g/mol. The number of hydrogen-bond acceptors (Lipinski definition) is 3. The highest BCUT2D eigenvalue weighted by Crippen LogP contribution is 2.34. The zero-order valence-electron chi connectivity index (χ0n) is 10.3. The Labute approximate surface area is 108 Å². The topological polar surface area (TPSA) is 41.5 Å². The molecule has 0 aliphatic rings. The van der Waals surface area contributed by atoms with Gasteiger partial charge in [-0.15, -0.1) is 0 Å². The molecule has 0 aliphatic carbocycles. The van der Waals surface area contributed by atoms with Gasteiger partial charge >= 0.3 is 6.18 Å². The van der Waals surface area contributed by atoms with Crippen LogP contribution in [0, 0.1) is 5.82 Å². The van der Waals surface area contributed by atoms with Gasteiger partial charge in [-0.1, -0.05) is 6.07 Å². The van der Waals surface area contributed by atoms with E-state index < -0.39 is 23.7 Å². The van der Waals surface area contributed by atoms with Gasteiger partial charge in [0.05, 0.1) is 18.3 Å². The van der Waals surface area contributed by atoms with Crippen LogP contribution in [-0.2, 0) is 10.9 Å². The minimum Gasteiger partial charge on any atom is -0.387 e. The molecule has 1 unspecified atom stereocenters. The van der Waals surface area contributed by atoms with Crippen molar-refractivity contribution >= 4 is 0 Å². The first-order valence-corrected chi connectivity index (χ1v) is 5.60. The van der Waals surface area contributed by atoms with Gasteiger partial charge in [0.2, 0.25) is 0 Å². The number of aliphatic hydroxyl groups excluding tert-OH is 1. The van der Waals surface area contributed by atoms with Crippen molar-refractivity contribution in [2.75, 3.05) is 26.8 Å². The van der Waals surface area contributed by atoms with Gasteiger partial charge in [0.25, 0.3) is 0 Å². The highest BCUT2D eigenvalue weighted by molar-refractivity contribution is 5.32. The molecule has 0 aromatic heterocycles. The number of aliphatic hydroxyl groups is 1. The van der Waals surface area contributed by atoms with Gasteiger partial charge in [-0.2, -0.15) is 13.2 Å². The van der Waals surface area contributed by atoms with Crippen molar-refractivity contribution in [3.8, 4) is 0 Å². The summed E-state index contributed by atoms with van der Waals surface area (Å²) in [6.07, 6.45) is -6.07. The van der Waals surface area contributed by atoms with Gasteiger partial charge in [0.15, 0.2) is 0 Å². The van der Waals surface area contributed by atoms with Gasteiger partial charge < -0.3 is 15.2 Å². The number of ether oxygens (including phenoxy) is 1. The molecule has 1 aromatic rings. The van der Waals surface area contributed by atoms with E-state index in [1.165, 1.54) is 7.11 Å². The van der Waals surface area contributed by atoms with Crippen LogP contribution in [0.2, 0.25) is 0 Å². The van der Waals surface area contributed by atoms with Gasteiger partial charge in [-0.05, 0) is 17.7 Å². The molecule has 0 fully saturated rings. The zero-order valence-corrected chi connectivity index (χ0v) is 10.3. The minimum atomic E-state index is -4.70. The Kier molecular flexibility index (Phi) is 5.71. The maximum atomic E-state index is 12.9. The van der Waals surface area contributed by atoms with Crippen LogP contribution in [0.25, 0.3) is 0 Å². The predicted molar refractivity (Wildman–Crippen MR) is 61.1 cm³/mol. The van der Waals surface area contributed by atoms with E-state index in [2.05, 4.69) is 5.32 Å². The fourth-order valence-electron chi connectivity index (χ4n) is 1.59. The van der Waals surface area contributed by atoms with Crippen LogP contribution in [0.15, 0.2) is 18.2 Å². The van der Waals surface area contributed by atoms with Gasteiger partial charge in [0.1, 0.15) is 5.82 Å². The molecule has 7 heteroatoms. The van der Waals surface area contributed by atoms with E-state index in [1.54, 1.807) is 0 Å². The first kappa shape index (κ1) is 15.9. The Morgan fingerprint density at radius 3 is 2.63 bits per heavy atom. The minimum absolute atomic E-state index is 0.0714. The lowest BCUT2D eigenvalue weighted by molar-refractivity contribution is -0.139. The summed E-state index contributed by atoms with van der Waals surface area (Å²) in [5.74, 6) is -0.990. The Bertz CT molecular complexity index is 409. The second-order valence-corrected chi connectivity index (χ2v) is 3.94. The average molecular weight is 281 g/mol. The fourth-order valence-corrected chi connectivity index (χ4v) is 1.59. The molecule has 1 aromatic carbocycles. The summed E-state index contributed by atoms with van der Waals surface area (Å²) in [7, 11) is 1.49. The van der Waals surface area contributed by atoms with Crippen LogP contribution in [0.3, 0.4) is 0 Å². The first-order chi connectivity index (χ1) is 8.86. The predicted octanol–water partition coefficient (Wildman–Crippen LogP) is 2.11. The Balaban J connectivity index is 2.81. The molecule has 0 saturated heterocycles. The molecule has 0 aliphatic heterocycles. The average Bonchev–Trinajstić information content (AvgIpc) is 2.33. The third-order valence-corrected chi connectivity index (χ3v) is 2.50. The molecule has 2 N–H and O–H groups in total. The third kappa shape index (κ3) is 4.77. The van der Waals surface area contributed by atoms with Crippen LogP contribution in [0.5, 0.6) is 0 Å². The van der Waals surface area contributed by atoms with E-state index in [1.807, 2.05) is 0 Å². The number of methoxy groups -OCH3 is 1. The summed E-state index contributed by atoms with van der Waals surface area (Å²) in [5.41, 5.74) is -1.51. The van der Waals surface area contributed by atoms with Gasteiger partial charge in [0, 0.05) is 20.2 Å². The van der Waals surface area contributed by atoms with Crippen molar-refractivity contribution < 1.29 is 27.4 Å². The van der Waals surface area contributed by atoms with Crippen molar-refractivity contribution in [2.45, 2.75) is 12.3 Å². The summed E-state index contributed by atoms with van der Waals surface area (Å²) < 4.78 is 55.8. The lowest BCUT2D eigenvalue weighted by atomic mass is 10.0. The molecule has 0 bridgehead atoms. The fraction of sp³-hybridized carbons (Fsp3) is 0.500. The van der Waals surface area contributed by atoms with Crippen LogP contribution in [-0.4, -0.2) is 31.9 Å². The number of rotatable bonds is 6. The number of hydrogen-bond donors (Lipinski definition) is 2. The molecule has 0 amide bonds. The highest BCUT2D eigenvalue weighted by atomic mass is 19.4. The molecule has 0 saturated carbocycles. The third-order valence-electron chi connectivity index (χ3n) is 2.50. The second kappa shape index (κ2) is 6.83. The second-order valence-electron chi connectivity index (χ2n) is 3.94. The SMILES string of the molecule is COCCNCC(O)c1ccc(F)cc1C(F)(F)F. The Hall–Kier alpha value is -1.18. The number of benzene rings is 1. The lowest BCUT2D eigenvalue weighted by Gasteiger charge is -2.18. The summed E-state index contributed by atoms with van der Waals surface area (Å²) >= 11 is 0. The van der Waals surface area contributed by atoms with E-state index in [-0.39, 0.29) is 12.1 Å². The maximum absolute atomic E-state index is 12.9. The molecule has 0 radical (unpaired) electrons. The zero-order chi connectivity index (χ0) is 14.5. The molecule has 3 nitrogen and oxygen atoms in total.